The van der Waals surface area contributed by atoms with E-state index in [-0.39, 0.29) is 6.61 Å². The van der Waals surface area contributed by atoms with Crippen molar-refractivity contribution in [3.8, 4) is 0 Å². The fourth-order valence-corrected chi connectivity index (χ4v) is 3.73. The van der Waals surface area contributed by atoms with Gasteiger partial charge in [0.15, 0.2) is 12.4 Å². The first kappa shape index (κ1) is 23.1. The van der Waals surface area contributed by atoms with Crippen molar-refractivity contribution in [3.63, 3.8) is 0 Å². The Labute approximate surface area is 194 Å². The quantitative estimate of drug-likeness (QED) is 0.408. The Kier molecular flexibility index (Phi) is 8.61. The maximum atomic E-state index is 11.4. The molecule has 4 rings (SSSR count). The molecule has 0 saturated carbocycles. The van der Waals surface area contributed by atoms with E-state index in [1.54, 1.807) is 0 Å². The normalized spacial score (nSPS) is 22.5. The molecule has 1 aliphatic rings. The zero-order valence-electron chi connectivity index (χ0n) is 18.3. The number of benzene rings is 3. The van der Waals surface area contributed by atoms with Crippen LogP contribution in [0, 0.1) is 0 Å². The lowest BCUT2D eigenvalue weighted by atomic mass is 10.0. The molecule has 6 nitrogen and oxygen atoms in total. The molecule has 1 heterocycles. The van der Waals surface area contributed by atoms with Gasteiger partial charge in [0.05, 0.1) is 26.4 Å². The molecule has 0 aromatic heterocycles. The molecule has 33 heavy (non-hydrogen) atoms. The number of carbonyl (C=O) groups excluding carboxylic acids is 1. The van der Waals surface area contributed by atoms with Gasteiger partial charge >= 0.3 is 0 Å². The van der Waals surface area contributed by atoms with E-state index in [0.717, 1.165) is 16.7 Å². The summed E-state index contributed by atoms with van der Waals surface area (Å²) in [6, 6.07) is 29.4. The molecular formula is C27H28O6. The average molecular weight is 449 g/mol. The predicted octanol–water partition coefficient (Wildman–Crippen LogP) is 4.27. The van der Waals surface area contributed by atoms with Crippen LogP contribution in [0.3, 0.4) is 0 Å². The maximum Gasteiger partial charge on any atom is 0.293 e. The summed E-state index contributed by atoms with van der Waals surface area (Å²) in [5, 5.41) is 0. The van der Waals surface area contributed by atoms with Gasteiger partial charge < -0.3 is 23.7 Å². The van der Waals surface area contributed by atoms with Crippen molar-refractivity contribution in [1.82, 2.24) is 0 Å². The summed E-state index contributed by atoms with van der Waals surface area (Å²) in [7, 11) is 0. The van der Waals surface area contributed by atoms with Crippen molar-refractivity contribution < 1.29 is 28.5 Å². The molecule has 1 saturated heterocycles. The number of rotatable bonds is 11. The zero-order valence-corrected chi connectivity index (χ0v) is 18.3. The molecular weight excluding hydrogens is 420 g/mol. The zero-order chi connectivity index (χ0) is 22.7. The standard InChI is InChI=1S/C27H28O6/c28-20-33-25-24(29-16-21-10-4-1-5-11-21)19-32-27(31-18-23-14-8-3-9-15-23)26(25)30-17-22-12-6-2-7-13-22/h1-15,20,24-27H,16-19H2/t24-,25+,26+,27?/m1/s1. The van der Waals surface area contributed by atoms with Gasteiger partial charge in [0, 0.05) is 0 Å². The Bertz CT molecular complexity index is 950. The molecule has 0 amide bonds. The second-order valence-electron chi connectivity index (χ2n) is 7.79. The lowest BCUT2D eigenvalue weighted by Crippen LogP contribution is -2.56. The number of carbonyl (C=O) groups is 1. The second-order valence-corrected chi connectivity index (χ2v) is 7.79. The lowest BCUT2D eigenvalue weighted by Gasteiger charge is -2.40. The highest BCUT2D eigenvalue weighted by Crippen LogP contribution is 2.26. The van der Waals surface area contributed by atoms with Crippen molar-refractivity contribution in [2.24, 2.45) is 0 Å². The molecule has 0 bridgehead atoms. The van der Waals surface area contributed by atoms with Gasteiger partial charge in [0.25, 0.3) is 6.47 Å². The van der Waals surface area contributed by atoms with Crippen molar-refractivity contribution in [1.29, 1.82) is 0 Å². The van der Waals surface area contributed by atoms with E-state index >= 15 is 0 Å². The minimum Gasteiger partial charge on any atom is -0.459 e. The number of hydrogen-bond donors (Lipinski definition) is 0. The first-order valence-electron chi connectivity index (χ1n) is 11.0. The van der Waals surface area contributed by atoms with E-state index in [0.29, 0.717) is 26.3 Å². The third-order valence-electron chi connectivity index (χ3n) is 5.45. The van der Waals surface area contributed by atoms with Gasteiger partial charge in [0.1, 0.15) is 12.2 Å². The SMILES string of the molecule is O=CO[C@@H]1[C@H](OCc2ccccc2)C(OCc2ccccc2)OC[C@H]1OCc1ccccc1. The van der Waals surface area contributed by atoms with Gasteiger partial charge in [-0.05, 0) is 16.7 Å². The van der Waals surface area contributed by atoms with E-state index in [4.69, 9.17) is 23.7 Å². The summed E-state index contributed by atoms with van der Waals surface area (Å²) in [6.45, 7) is 1.69. The van der Waals surface area contributed by atoms with Crippen LogP contribution in [0.1, 0.15) is 16.7 Å². The van der Waals surface area contributed by atoms with Gasteiger partial charge in [-0.3, -0.25) is 4.79 Å². The van der Waals surface area contributed by atoms with Crippen LogP contribution in [-0.2, 0) is 48.3 Å². The Morgan fingerprint density at radius 2 is 1.15 bits per heavy atom. The van der Waals surface area contributed by atoms with Crippen LogP contribution in [0.2, 0.25) is 0 Å². The van der Waals surface area contributed by atoms with E-state index in [1.807, 2.05) is 91.0 Å². The van der Waals surface area contributed by atoms with Crippen molar-refractivity contribution in [2.75, 3.05) is 6.61 Å². The summed E-state index contributed by atoms with van der Waals surface area (Å²) in [5.74, 6) is 0. The molecule has 3 aromatic rings. The molecule has 0 N–H and O–H groups in total. The maximum absolute atomic E-state index is 11.4. The van der Waals surface area contributed by atoms with Crippen molar-refractivity contribution >= 4 is 6.47 Å². The monoisotopic (exact) mass is 448 g/mol. The van der Waals surface area contributed by atoms with E-state index in [9.17, 15) is 4.79 Å². The summed E-state index contributed by atoms with van der Waals surface area (Å²) in [5.41, 5.74) is 3.03. The summed E-state index contributed by atoms with van der Waals surface area (Å²) in [4.78, 5) is 11.4. The van der Waals surface area contributed by atoms with Crippen LogP contribution in [0.4, 0.5) is 0 Å². The van der Waals surface area contributed by atoms with E-state index in [2.05, 4.69) is 0 Å². The lowest BCUT2D eigenvalue weighted by molar-refractivity contribution is -0.294. The fraction of sp³-hybridized carbons (Fsp3) is 0.296. The minimum atomic E-state index is -0.713. The molecule has 0 aliphatic carbocycles. The molecule has 0 spiro atoms. The van der Waals surface area contributed by atoms with Crippen LogP contribution in [-0.4, -0.2) is 37.7 Å². The van der Waals surface area contributed by atoms with Crippen molar-refractivity contribution in [3.05, 3.63) is 108 Å². The van der Waals surface area contributed by atoms with Gasteiger partial charge in [-0.2, -0.15) is 0 Å². The van der Waals surface area contributed by atoms with Crippen LogP contribution < -0.4 is 0 Å². The molecule has 4 atom stereocenters. The summed E-state index contributed by atoms with van der Waals surface area (Å²) < 4.78 is 29.8. The van der Waals surface area contributed by atoms with Gasteiger partial charge in [-0.15, -0.1) is 0 Å². The van der Waals surface area contributed by atoms with Gasteiger partial charge in [0.2, 0.25) is 0 Å². The van der Waals surface area contributed by atoms with Crippen LogP contribution in [0.15, 0.2) is 91.0 Å². The number of ether oxygens (including phenoxy) is 5. The highest BCUT2D eigenvalue weighted by Gasteiger charge is 2.44. The smallest absolute Gasteiger partial charge is 0.293 e. The molecule has 0 radical (unpaired) electrons. The fourth-order valence-electron chi connectivity index (χ4n) is 3.73. The van der Waals surface area contributed by atoms with Gasteiger partial charge in [-0.25, -0.2) is 0 Å². The predicted molar refractivity (Wildman–Crippen MR) is 122 cm³/mol. The Morgan fingerprint density at radius 1 is 0.667 bits per heavy atom. The highest BCUT2D eigenvalue weighted by molar-refractivity contribution is 5.38. The molecule has 1 aliphatic heterocycles. The first-order valence-corrected chi connectivity index (χ1v) is 11.0. The van der Waals surface area contributed by atoms with Crippen LogP contribution >= 0.6 is 0 Å². The highest BCUT2D eigenvalue weighted by atomic mass is 16.7. The Hall–Kier alpha value is -3.03. The van der Waals surface area contributed by atoms with Crippen molar-refractivity contribution in [2.45, 2.75) is 44.4 Å². The van der Waals surface area contributed by atoms with Crippen LogP contribution in [0.5, 0.6) is 0 Å². The third-order valence-corrected chi connectivity index (χ3v) is 5.45. The minimum absolute atomic E-state index is 0.218. The second kappa shape index (κ2) is 12.3. The largest absolute Gasteiger partial charge is 0.459 e. The topological polar surface area (TPSA) is 63.2 Å². The summed E-state index contributed by atoms with van der Waals surface area (Å²) >= 11 is 0. The Morgan fingerprint density at radius 3 is 1.67 bits per heavy atom. The summed E-state index contributed by atoms with van der Waals surface area (Å²) in [6.07, 6.45) is -2.54. The average Bonchev–Trinajstić information content (AvgIpc) is 2.88. The molecule has 6 heteroatoms. The molecule has 3 aromatic carbocycles. The molecule has 1 unspecified atom stereocenters. The molecule has 1 fully saturated rings. The number of hydrogen-bond acceptors (Lipinski definition) is 6. The third kappa shape index (κ3) is 6.73. The van der Waals surface area contributed by atoms with Gasteiger partial charge in [-0.1, -0.05) is 91.0 Å². The van der Waals surface area contributed by atoms with E-state index < -0.39 is 24.6 Å². The Balaban J connectivity index is 1.47. The molecule has 172 valence electrons. The van der Waals surface area contributed by atoms with E-state index in [1.165, 1.54) is 0 Å². The first-order chi connectivity index (χ1) is 16.3. The van der Waals surface area contributed by atoms with Crippen LogP contribution in [0.25, 0.3) is 0 Å².